The van der Waals surface area contributed by atoms with E-state index in [0.717, 1.165) is 24.2 Å². The molecule has 5 aliphatic rings. The molecule has 1 N–H and O–H groups in total. The van der Waals surface area contributed by atoms with Gasteiger partial charge in [-0.25, -0.2) is 0 Å². The third kappa shape index (κ3) is 3.12. The lowest BCUT2D eigenvalue weighted by Crippen LogP contribution is -2.54. The molecule has 0 heterocycles. The van der Waals surface area contributed by atoms with Gasteiger partial charge in [0.25, 0.3) is 0 Å². The zero-order valence-corrected chi connectivity index (χ0v) is 16.3. The maximum absolute atomic E-state index is 12.8. The summed E-state index contributed by atoms with van der Waals surface area (Å²) in [6, 6.07) is 0.415. The number of hydrogen-bond donors (Lipinski definition) is 1. The molecule has 4 bridgehead atoms. The summed E-state index contributed by atoms with van der Waals surface area (Å²) >= 11 is 4.07. The fourth-order valence-electron chi connectivity index (χ4n) is 6.93. The Bertz CT molecular complexity index is 476. The third-order valence-corrected chi connectivity index (χ3v) is 8.63. The summed E-state index contributed by atoms with van der Waals surface area (Å²) in [5.41, 5.74) is 0.307. The highest BCUT2D eigenvalue weighted by Crippen LogP contribution is 2.65. The summed E-state index contributed by atoms with van der Waals surface area (Å²) in [7, 11) is 0. The van der Waals surface area contributed by atoms with Crippen LogP contribution in [0.2, 0.25) is 0 Å². The Hall–Kier alpha value is -0.0500. The van der Waals surface area contributed by atoms with E-state index in [0.29, 0.717) is 27.6 Å². The van der Waals surface area contributed by atoms with Crippen LogP contribution >= 0.6 is 15.9 Å². The summed E-state index contributed by atoms with van der Waals surface area (Å²) in [6.45, 7) is 4.67. The topological polar surface area (TPSA) is 29.1 Å². The van der Waals surface area contributed by atoms with Gasteiger partial charge >= 0.3 is 0 Å². The van der Waals surface area contributed by atoms with Gasteiger partial charge in [-0.15, -0.1) is 0 Å². The van der Waals surface area contributed by atoms with Gasteiger partial charge in [0, 0.05) is 16.8 Å². The minimum absolute atomic E-state index is 0.307. The van der Waals surface area contributed by atoms with Gasteiger partial charge in [-0.1, -0.05) is 42.6 Å². The van der Waals surface area contributed by atoms with E-state index in [1.54, 1.807) is 0 Å². The highest BCUT2D eigenvalue weighted by Gasteiger charge is 2.57. The van der Waals surface area contributed by atoms with Gasteiger partial charge in [-0.2, -0.15) is 0 Å². The van der Waals surface area contributed by atoms with Crippen LogP contribution in [0.1, 0.15) is 78.1 Å². The number of alkyl halides is 1. The molecule has 0 radical (unpaired) electrons. The van der Waals surface area contributed by atoms with Crippen molar-refractivity contribution in [3.8, 4) is 0 Å². The van der Waals surface area contributed by atoms with E-state index in [4.69, 9.17) is 0 Å². The van der Waals surface area contributed by atoms with Crippen molar-refractivity contribution in [3.05, 3.63) is 0 Å². The molecule has 3 heteroatoms. The Morgan fingerprint density at radius 3 is 2.48 bits per heavy atom. The van der Waals surface area contributed by atoms with Gasteiger partial charge in [0.15, 0.2) is 0 Å². The number of carbonyl (C=O) groups excluding carboxylic acids is 1. The summed E-state index contributed by atoms with van der Waals surface area (Å²) in [4.78, 5) is 12.8. The maximum atomic E-state index is 12.8. The Morgan fingerprint density at radius 2 is 1.83 bits per heavy atom. The van der Waals surface area contributed by atoms with Gasteiger partial charge in [0.05, 0.1) is 0 Å². The summed E-state index contributed by atoms with van der Waals surface area (Å²) in [5.74, 6) is 3.47. The first-order chi connectivity index (χ1) is 10.9. The van der Waals surface area contributed by atoms with Crippen LogP contribution in [-0.4, -0.2) is 16.3 Å². The van der Waals surface area contributed by atoms with Gasteiger partial charge in [0.1, 0.15) is 0 Å². The third-order valence-electron chi connectivity index (χ3n) is 7.70. The number of nitrogens with one attached hydrogen (secondary N) is 1. The van der Waals surface area contributed by atoms with Crippen molar-refractivity contribution in [1.82, 2.24) is 5.32 Å². The van der Waals surface area contributed by atoms with Gasteiger partial charge in [0.2, 0.25) is 5.91 Å². The van der Waals surface area contributed by atoms with Crippen LogP contribution < -0.4 is 5.32 Å². The molecule has 130 valence electrons. The quantitative estimate of drug-likeness (QED) is 0.680. The lowest BCUT2D eigenvalue weighted by atomic mass is 9.48. The number of amides is 1. The lowest BCUT2D eigenvalue weighted by molar-refractivity contribution is -0.129. The van der Waals surface area contributed by atoms with Crippen molar-refractivity contribution < 1.29 is 4.79 Å². The standard InChI is InChI=1S/C20H32BrNO/c1-13-4-3-5-17(14(13)2)22-18(23)11-19-7-15-6-16(8-19)10-20(21,9-15)12-19/h13-17H,3-12H2,1-2H3,(H,22,23)/t13-,14-,15+,16+,17+,19?,20?/m1/s1. The normalized spacial score (nSPS) is 51.7. The fraction of sp³-hybridized carbons (Fsp3) is 0.950. The first-order valence-corrected chi connectivity index (χ1v) is 10.6. The fourth-order valence-corrected chi connectivity index (χ4v) is 8.44. The molecule has 2 nitrogen and oxygen atoms in total. The molecule has 5 fully saturated rings. The first kappa shape index (κ1) is 16.4. The molecule has 0 aromatic rings. The number of hydrogen-bond acceptors (Lipinski definition) is 1. The Kier molecular flexibility index (Phi) is 4.10. The SMILES string of the molecule is C[C@@H]1[C@H](C)CCC[C@@H]1NC(=O)CC12C[C@@H]3C[C@H](CC(Br)(C3)C1)C2. The van der Waals surface area contributed by atoms with Crippen LogP contribution in [0.25, 0.3) is 0 Å². The molecule has 0 aliphatic heterocycles. The monoisotopic (exact) mass is 381 g/mol. The van der Waals surface area contributed by atoms with E-state index in [9.17, 15) is 4.79 Å². The minimum atomic E-state index is 0.307. The number of halogens is 1. The summed E-state index contributed by atoms with van der Waals surface area (Å²) in [6.07, 6.45) is 12.5. The van der Waals surface area contributed by atoms with Gasteiger partial charge in [-0.05, 0) is 74.0 Å². The Balaban J connectivity index is 1.41. The summed E-state index contributed by atoms with van der Waals surface area (Å²) < 4.78 is 0.365. The Labute approximate surface area is 149 Å². The molecule has 5 atom stereocenters. The van der Waals surface area contributed by atoms with E-state index >= 15 is 0 Å². The molecular formula is C20H32BrNO. The molecule has 5 aliphatic carbocycles. The van der Waals surface area contributed by atoms with E-state index in [-0.39, 0.29) is 0 Å². The molecule has 0 aromatic heterocycles. The van der Waals surface area contributed by atoms with Crippen molar-refractivity contribution in [2.75, 3.05) is 0 Å². The van der Waals surface area contributed by atoms with Crippen LogP contribution in [0.3, 0.4) is 0 Å². The molecule has 1 amide bonds. The second-order valence-corrected chi connectivity index (χ2v) is 11.4. The average molecular weight is 382 g/mol. The highest BCUT2D eigenvalue weighted by molar-refractivity contribution is 9.10. The van der Waals surface area contributed by atoms with Crippen LogP contribution in [0, 0.1) is 29.1 Å². The van der Waals surface area contributed by atoms with E-state index in [1.165, 1.54) is 57.8 Å². The number of carbonyl (C=O) groups is 1. The van der Waals surface area contributed by atoms with Crippen molar-refractivity contribution in [3.63, 3.8) is 0 Å². The molecular weight excluding hydrogens is 350 g/mol. The van der Waals surface area contributed by atoms with Crippen LogP contribution in [0.4, 0.5) is 0 Å². The van der Waals surface area contributed by atoms with Crippen LogP contribution in [0.5, 0.6) is 0 Å². The smallest absolute Gasteiger partial charge is 0.220 e. The van der Waals surface area contributed by atoms with Crippen molar-refractivity contribution in [1.29, 1.82) is 0 Å². The molecule has 23 heavy (non-hydrogen) atoms. The predicted molar refractivity (Wildman–Crippen MR) is 97.5 cm³/mol. The molecule has 5 rings (SSSR count). The zero-order valence-electron chi connectivity index (χ0n) is 14.7. The number of rotatable bonds is 3. The highest BCUT2D eigenvalue weighted by atomic mass is 79.9. The van der Waals surface area contributed by atoms with Crippen molar-refractivity contribution in [2.24, 2.45) is 29.1 Å². The second-order valence-electron chi connectivity index (χ2n) is 9.73. The minimum Gasteiger partial charge on any atom is -0.353 e. The van der Waals surface area contributed by atoms with Crippen LogP contribution in [-0.2, 0) is 4.79 Å². The average Bonchev–Trinajstić information content (AvgIpc) is 2.40. The van der Waals surface area contributed by atoms with Crippen molar-refractivity contribution >= 4 is 21.8 Å². The second kappa shape index (κ2) is 5.75. The maximum Gasteiger partial charge on any atom is 0.220 e. The molecule has 0 saturated heterocycles. The Morgan fingerprint density at radius 1 is 1.13 bits per heavy atom. The first-order valence-electron chi connectivity index (χ1n) is 9.85. The zero-order chi connectivity index (χ0) is 16.2. The van der Waals surface area contributed by atoms with Gasteiger partial charge < -0.3 is 5.32 Å². The van der Waals surface area contributed by atoms with E-state index in [2.05, 4.69) is 35.1 Å². The van der Waals surface area contributed by atoms with Gasteiger partial charge in [-0.3, -0.25) is 4.79 Å². The predicted octanol–water partition coefficient (Wildman–Crippen LogP) is 5.05. The summed E-state index contributed by atoms with van der Waals surface area (Å²) in [5, 5.41) is 3.43. The van der Waals surface area contributed by atoms with Crippen LogP contribution in [0.15, 0.2) is 0 Å². The van der Waals surface area contributed by atoms with Crippen molar-refractivity contribution in [2.45, 2.75) is 88.4 Å². The molecule has 0 aromatic carbocycles. The molecule has 0 unspecified atom stereocenters. The lowest BCUT2D eigenvalue weighted by Gasteiger charge is -2.60. The van der Waals surface area contributed by atoms with E-state index in [1.807, 2.05) is 0 Å². The molecule has 0 spiro atoms. The largest absolute Gasteiger partial charge is 0.353 e. The van der Waals surface area contributed by atoms with E-state index < -0.39 is 0 Å². The molecule has 5 saturated carbocycles.